The van der Waals surface area contributed by atoms with E-state index in [1.807, 2.05) is 0 Å². The number of hydrogen-bond acceptors (Lipinski definition) is 5. The fourth-order valence-electron chi connectivity index (χ4n) is 5.27. The fraction of sp³-hybridized carbons (Fsp3) is 0.444. The maximum absolute atomic E-state index is 13.7. The lowest BCUT2D eigenvalue weighted by Gasteiger charge is -2.44. The van der Waals surface area contributed by atoms with Crippen molar-refractivity contribution >= 4 is 17.7 Å². The van der Waals surface area contributed by atoms with Crippen molar-refractivity contribution in [2.45, 2.75) is 43.6 Å². The molecule has 1 spiro atoms. The van der Waals surface area contributed by atoms with E-state index in [0.29, 0.717) is 31.6 Å². The number of carbonyl (C=O) groups excluding carboxylic acids is 3. The Hall–Kier alpha value is -3.37. The number of benzene rings is 2. The summed E-state index contributed by atoms with van der Waals surface area (Å²) in [6.45, 7) is 1.59. The van der Waals surface area contributed by atoms with Crippen molar-refractivity contribution in [2.24, 2.45) is 0 Å². The lowest BCUT2D eigenvalue weighted by Crippen LogP contribution is -2.60. The van der Waals surface area contributed by atoms with Gasteiger partial charge in [-0.3, -0.25) is 19.3 Å². The van der Waals surface area contributed by atoms with Crippen LogP contribution in [0.5, 0.6) is 0 Å². The Morgan fingerprint density at radius 1 is 0.919 bits per heavy atom. The van der Waals surface area contributed by atoms with Gasteiger partial charge < -0.3 is 19.7 Å². The molecule has 196 valence electrons. The number of halogens is 2. The second-order valence-electron chi connectivity index (χ2n) is 9.63. The van der Waals surface area contributed by atoms with Crippen molar-refractivity contribution in [2.75, 3.05) is 32.8 Å². The molecular weight excluding hydrogens is 484 g/mol. The first-order valence-electron chi connectivity index (χ1n) is 12.5. The lowest BCUT2D eigenvalue weighted by atomic mass is 9.96. The Labute approximate surface area is 213 Å². The van der Waals surface area contributed by atoms with Crippen molar-refractivity contribution in [1.82, 2.24) is 15.1 Å². The Morgan fingerprint density at radius 3 is 2.08 bits per heavy atom. The van der Waals surface area contributed by atoms with Crippen LogP contribution in [-0.2, 0) is 14.3 Å². The standard InChI is InChI=1S/C27H29F2N3O5/c28-20-7-3-18(4-8-20)25(34)31-13-11-27(12-14-31)32(26(35)19-5-9-21(29)10-6-19)23(17-37-27)24(33)30-16-22-2-1-15-36-22/h3-10,22-23H,1-2,11-17H2,(H,30,33)/t22-,23+/m1/s1. The zero-order valence-electron chi connectivity index (χ0n) is 20.3. The quantitative estimate of drug-likeness (QED) is 0.665. The molecular formula is C27H29F2N3O5. The first-order chi connectivity index (χ1) is 17.9. The summed E-state index contributed by atoms with van der Waals surface area (Å²) in [5, 5.41) is 2.89. The summed E-state index contributed by atoms with van der Waals surface area (Å²) in [7, 11) is 0. The summed E-state index contributed by atoms with van der Waals surface area (Å²) < 4.78 is 38.6. The van der Waals surface area contributed by atoms with Gasteiger partial charge in [-0.05, 0) is 61.4 Å². The molecule has 3 heterocycles. The fourth-order valence-corrected chi connectivity index (χ4v) is 5.27. The number of hydrogen-bond donors (Lipinski definition) is 1. The third kappa shape index (κ3) is 5.21. The summed E-state index contributed by atoms with van der Waals surface area (Å²) in [4.78, 5) is 42.9. The molecule has 3 saturated heterocycles. The van der Waals surface area contributed by atoms with Crippen LogP contribution in [0.25, 0.3) is 0 Å². The minimum atomic E-state index is -1.09. The summed E-state index contributed by atoms with van der Waals surface area (Å²) >= 11 is 0. The molecule has 3 aliphatic heterocycles. The number of nitrogens with one attached hydrogen (secondary N) is 1. The van der Waals surface area contributed by atoms with E-state index in [-0.39, 0.29) is 43.2 Å². The van der Waals surface area contributed by atoms with E-state index in [2.05, 4.69) is 5.32 Å². The smallest absolute Gasteiger partial charge is 0.256 e. The molecule has 0 radical (unpaired) electrons. The molecule has 0 unspecified atom stereocenters. The third-order valence-electron chi connectivity index (χ3n) is 7.32. The van der Waals surface area contributed by atoms with Crippen LogP contribution in [0.3, 0.4) is 0 Å². The number of rotatable bonds is 5. The average molecular weight is 514 g/mol. The van der Waals surface area contributed by atoms with Crippen molar-refractivity contribution in [3.05, 3.63) is 71.3 Å². The average Bonchev–Trinajstić information content (AvgIpc) is 3.56. The highest BCUT2D eigenvalue weighted by atomic mass is 19.1. The second-order valence-corrected chi connectivity index (χ2v) is 9.63. The van der Waals surface area contributed by atoms with Crippen LogP contribution in [0.15, 0.2) is 48.5 Å². The zero-order valence-corrected chi connectivity index (χ0v) is 20.3. The molecule has 3 amide bonds. The zero-order chi connectivity index (χ0) is 26.0. The SMILES string of the molecule is O=C(NC[C@H]1CCCO1)[C@@H]1COC2(CCN(C(=O)c3ccc(F)cc3)CC2)N1C(=O)c1ccc(F)cc1. The van der Waals surface area contributed by atoms with Gasteiger partial charge in [-0.15, -0.1) is 0 Å². The van der Waals surface area contributed by atoms with Crippen LogP contribution in [0.2, 0.25) is 0 Å². The molecule has 1 N–H and O–H groups in total. The van der Waals surface area contributed by atoms with Crippen LogP contribution in [0, 0.1) is 11.6 Å². The van der Waals surface area contributed by atoms with E-state index in [0.717, 1.165) is 12.8 Å². The molecule has 0 aromatic heterocycles. The predicted octanol–water partition coefficient (Wildman–Crippen LogP) is 2.73. The van der Waals surface area contributed by atoms with Gasteiger partial charge in [0.25, 0.3) is 11.8 Å². The highest BCUT2D eigenvalue weighted by Crippen LogP contribution is 2.39. The Balaban J connectivity index is 1.34. The molecule has 3 aliphatic rings. The number of amides is 3. The van der Waals surface area contributed by atoms with Crippen molar-refractivity contribution < 1.29 is 32.6 Å². The first kappa shape index (κ1) is 25.3. The largest absolute Gasteiger partial charge is 0.376 e. The van der Waals surface area contributed by atoms with Crippen molar-refractivity contribution in [1.29, 1.82) is 0 Å². The van der Waals surface area contributed by atoms with E-state index >= 15 is 0 Å². The molecule has 5 rings (SSSR count). The van der Waals surface area contributed by atoms with Crippen LogP contribution in [-0.4, -0.2) is 78.2 Å². The van der Waals surface area contributed by atoms with Crippen LogP contribution in [0.1, 0.15) is 46.4 Å². The Kier molecular flexibility index (Phi) is 7.21. The number of likely N-dealkylation sites (tertiary alicyclic amines) is 1. The monoisotopic (exact) mass is 513 g/mol. The topological polar surface area (TPSA) is 88.2 Å². The molecule has 8 nitrogen and oxygen atoms in total. The molecule has 3 fully saturated rings. The van der Waals surface area contributed by atoms with E-state index in [9.17, 15) is 23.2 Å². The molecule has 2 atom stereocenters. The minimum Gasteiger partial charge on any atom is -0.376 e. The molecule has 10 heteroatoms. The van der Waals surface area contributed by atoms with E-state index in [4.69, 9.17) is 9.47 Å². The molecule has 0 aliphatic carbocycles. The molecule has 37 heavy (non-hydrogen) atoms. The number of ether oxygens (including phenoxy) is 2. The van der Waals surface area contributed by atoms with Gasteiger partial charge in [0.1, 0.15) is 23.4 Å². The summed E-state index contributed by atoms with van der Waals surface area (Å²) in [5.41, 5.74) is -0.472. The Bertz CT molecular complexity index is 1140. The molecule has 2 aromatic carbocycles. The number of carbonyl (C=O) groups is 3. The third-order valence-corrected chi connectivity index (χ3v) is 7.32. The van der Waals surface area contributed by atoms with Gasteiger partial charge in [0.15, 0.2) is 0 Å². The minimum absolute atomic E-state index is 0.0101. The van der Waals surface area contributed by atoms with E-state index in [1.54, 1.807) is 4.90 Å². The van der Waals surface area contributed by atoms with Crippen molar-refractivity contribution in [3.8, 4) is 0 Å². The van der Waals surface area contributed by atoms with Gasteiger partial charge in [0.2, 0.25) is 5.91 Å². The van der Waals surface area contributed by atoms with Crippen LogP contribution < -0.4 is 5.32 Å². The van der Waals surface area contributed by atoms with Crippen LogP contribution >= 0.6 is 0 Å². The highest BCUT2D eigenvalue weighted by Gasteiger charge is 2.54. The summed E-state index contributed by atoms with van der Waals surface area (Å²) in [6, 6.07) is 9.65. The van der Waals surface area contributed by atoms with Gasteiger partial charge in [0, 0.05) is 50.2 Å². The van der Waals surface area contributed by atoms with E-state index < -0.39 is 29.3 Å². The number of nitrogens with zero attached hydrogens (tertiary/aromatic N) is 2. The molecule has 0 saturated carbocycles. The van der Waals surface area contributed by atoms with Gasteiger partial charge >= 0.3 is 0 Å². The molecule has 0 bridgehead atoms. The van der Waals surface area contributed by atoms with Crippen LogP contribution in [0.4, 0.5) is 8.78 Å². The van der Waals surface area contributed by atoms with Crippen molar-refractivity contribution in [3.63, 3.8) is 0 Å². The van der Waals surface area contributed by atoms with Gasteiger partial charge in [0.05, 0.1) is 12.7 Å². The number of piperidine rings is 1. The maximum Gasteiger partial charge on any atom is 0.256 e. The summed E-state index contributed by atoms with van der Waals surface area (Å²) in [6.07, 6.45) is 2.34. The van der Waals surface area contributed by atoms with E-state index in [1.165, 1.54) is 53.4 Å². The van der Waals surface area contributed by atoms with Gasteiger partial charge in [-0.25, -0.2) is 8.78 Å². The molecule has 2 aromatic rings. The maximum atomic E-state index is 13.7. The Morgan fingerprint density at radius 2 is 1.51 bits per heavy atom. The first-order valence-corrected chi connectivity index (χ1v) is 12.5. The van der Waals surface area contributed by atoms with Gasteiger partial charge in [-0.1, -0.05) is 0 Å². The normalized spacial score (nSPS) is 22.9. The highest BCUT2D eigenvalue weighted by molar-refractivity contribution is 5.98. The lowest BCUT2D eigenvalue weighted by molar-refractivity contribution is -0.128. The summed E-state index contributed by atoms with van der Waals surface area (Å²) in [5.74, 6) is -1.91. The van der Waals surface area contributed by atoms with Gasteiger partial charge in [-0.2, -0.15) is 0 Å². The second kappa shape index (κ2) is 10.5. The predicted molar refractivity (Wildman–Crippen MR) is 129 cm³/mol.